The summed E-state index contributed by atoms with van der Waals surface area (Å²) in [5.74, 6) is 1.11. The second kappa shape index (κ2) is 5.98. The van der Waals surface area contributed by atoms with E-state index in [9.17, 15) is 4.79 Å². The first-order valence-electron chi connectivity index (χ1n) is 7.88. The van der Waals surface area contributed by atoms with Gasteiger partial charge in [0.2, 0.25) is 0 Å². The minimum absolute atomic E-state index is 0.0639. The number of nitrogens with one attached hydrogen (secondary N) is 1. The molecule has 6 heteroatoms. The quantitative estimate of drug-likeness (QED) is 0.793. The molecule has 0 aliphatic carbocycles. The lowest BCUT2D eigenvalue weighted by molar-refractivity contribution is 0.0735. The summed E-state index contributed by atoms with van der Waals surface area (Å²) in [5, 5.41) is 3.42. The molecule has 1 atom stereocenters. The first-order chi connectivity index (χ1) is 12.2. The van der Waals surface area contributed by atoms with Crippen LogP contribution in [0.3, 0.4) is 0 Å². The van der Waals surface area contributed by atoms with Crippen molar-refractivity contribution in [3.63, 3.8) is 0 Å². The van der Waals surface area contributed by atoms with Crippen molar-refractivity contribution in [1.82, 2.24) is 9.88 Å². The van der Waals surface area contributed by atoms with E-state index < -0.39 is 0 Å². The molecule has 1 unspecified atom stereocenters. The molecule has 0 fully saturated rings. The SMILES string of the molecule is COc1cc2c(cc1-c1cnco1)C(=O)N(C)C(c1ccccc1)N2. The smallest absolute Gasteiger partial charge is 0.257 e. The maximum atomic E-state index is 12.9. The van der Waals surface area contributed by atoms with Crippen LogP contribution in [-0.2, 0) is 0 Å². The van der Waals surface area contributed by atoms with Crippen LogP contribution in [0.15, 0.2) is 59.5 Å². The highest BCUT2D eigenvalue weighted by molar-refractivity contribution is 6.03. The molecular formula is C19H17N3O3. The second-order valence-corrected chi connectivity index (χ2v) is 5.84. The Labute approximate surface area is 145 Å². The lowest BCUT2D eigenvalue weighted by atomic mass is 10.00. The zero-order chi connectivity index (χ0) is 17.4. The molecule has 25 heavy (non-hydrogen) atoms. The highest BCUT2D eigenvalue weighted by Crippen LogP contribution is 2.39. The number of hydrogen-bond donors (Lipinski definition) is 1. The highest BCUT2D eigenvalue weighted by Gasteiger charge is 2.31. The summed E-state index contributed by atoms with van der Waals surface area (Å²) in [6, 6.07) is 13.5. The van der Waals surface area contributed by atoms with Crippen molar-refractivity contribution >= 4 is 11.6 Å². The maximum Gasteiger partial charge on any atom is 0.257 e. The Morgan fingerprint density at radius 2 is 2.00 bits per heavy atom. The molecule has 0 saturated carbocycles. The van der Waals surface area contributed by atoms with E-state index in [0.717, 1.165) is 11.3 Å². The standard InChI is InChI=1S/C19H17N3O3/c1-22-18(12-6-4-3-5-7-12)21-15-9-16(24-2)14(8-13(15)19(22)23)17-10-20-11-25-17/h3-11,18,21H,1-2H3. The molecule has 0 saturated heterocycles. The number of oxazole rings is 1. The minimum atomic E-state index is -0.234. The Balaban J connectivity index is 1.81. The van der Waals surface area contributed by atoms with Crippen LogP contribution in [0.1, 0.15) is 22.1 Å². The van der Waals surface area contributed by atoms with Crippen LogP contribution in [-0.4, -0.2) is 29.9 Å². The molecule has 0 bridgehead atoms. The number of methoxy groups -OCH3 is 1. The van der Waals surface area contributed by atoms with Crippen molar-refractivity contribution in [2.45, 2.75) is 6.17 Å². The van der Waals surface area contributed by atoms with Gasteiger partial charge in [0.05, 0.1) is 30.1 Å². The molecule has 1 amide bonds. The maximum absolute atomic E-state index is 12.9. The summed E-state index contributed by atoms with van der Waals surface area (Å²) in [6.45, 7) is 0. The molecular weight excluding hydrogens is 318 g/mol. The van der Waals surface area contributed by atoms with Crippen LogP contribution in [0.4, 0.5) is 5.69 Å². The van der Waals surface area contributed by atoms with E-state index in [1.54, 1.807) is 31.3 Å². The molecule has 1 aliphatic heterocycles. The Morgan fingerprint density at radius 1 is 1.20 bits per heavy atom. The Hall–Kier alpha value is -3.28. The molecule has 6 nitrogen and oxygen atoms in total. The molecule has 1 N–H and O–H groups in total. The molecule has 4 rings (SSSR count). The number of fused-ring (bicyclic) bond motifs is 1. The monoisotopic (exact) mass is 335 g/mol. The number of carbonyl (C=O) groups excluding carboxylic acids is 1. The summed E-state index contributed by atoms with van der Waals surface area (Å²) in [5.41, 5.74) is 3.02. The number of benzene rings is 2. The minimum Gasteiger partial charge on any atom is -0.496 e. The van der Waals surface area contributed by atoms with Gasteiger partial charge in [0.15, 0.2) is 12.2 Å². The Morgan fingerprint density at radius 3 is 2.68 bits per heavy atom. The fourth-order valence-electron chi connectivity index (χ4n) is 3.08. The van der Waals surface area contributed by atoms with Gasteiger partial charge in [0, 0.05) is 13.1 Å². The normalized spacial score (nSPS) is 16.3. The van der Waals surface area contributed by atoms with E-state index in [4.69, 9.17) is 9.15 Å². The number of nitrogens with zero attached hydrogens (tertiary/aromatic N) is 2. The number of ether oxygens (including phenoxy) is 1. The second-order valence-electron chi connectivity index (χ2n) is 5.84. The molecule has 1 aromatic heterocycles. The van der Waals surface area contributed by atoms with E-state index in [1.165, 1.54) is 6.39 Å². The fourth-order valence-corrected chi connectivity index (χ4v) is 3.08. The van der Waals surface area contributed by atoms with Crippen molar-refractivity contribution < 1.29 is 13.9 Å². The van der Waals surface area contributed by atoms with Crippen LogP contribution in [0, 0.1) is 0 Å². The van der Waals surface area contributed by atoms with Gasteiger partial charge in [-0.05, 0) is 11.6 Å². The third kappa shape index (κ3) is 2.52. The first-order valence-corrected chi connectivity index (χ1v) is 7.88. The molecule has 0 spiro atoms. The molecule has 3 aromatic rings. The van der Waals surface area contributed by atoms with Crippen LogP contribution in [0.5, 0.6) is 5.75 Å². The fraction of sp³-hybridized carbons (Fsp3) is 0.158. The van der Waals surface area contributed by atoms with Gasteiger partial charge in [0.25, 0.3) is 5.91 Å². The van der Waals surface area contributed by atoms with Crippen molar-refractivity contribution in [1.29, 1.82) is 0 Å². The third-order valence-electron chi connectivity index (χ3n) is 4.38. The number of hydrogen-bond acceptors (Lipinski definition) is 5. The average molecular weight is 335 g/mol. The van der Waals surface area contributed by atoms with Gasteiger partial charge in [-0.25, -0.2) is 4.98 Å². The van der Waals surface area contributed by atoms with E-state index in [1.807, 2.05) is 36.4 Å². The summed E-state index contributed by atoms with van der Waals surface area (Å²) in [4.78, 5) is 18.5. The largest absolute Gasteiger partial charge is 0.496 e. The van der Waals surface area contributed by atoms with Crippen LogP contribution in [0.25, 0.3) is 11.3 Å². The topological polar surface area (TPSA) is 67.6 Å². The van der Waals surface area contributed by atoms with Crippen molar-refractivity contribution in [3.05, 3.63) is 66.2 Å². The van der Waals surface area contributed by atoms with E-state index in [0.29, 0.717) is 22.6 Å². The lowest BCUT2D eigenvalue weighted by Crippen LogP contribution is -2.40. The van der Waals surface area contributed by atoms with E-state index in [2.05, 4.69) is 10.3 Å². The van der Waals surface area contributed by atoms with Crippen molar-refractivity contribution in [3.8, 4) is 17.1 Å². The van der Waals surface area contributed by atoms with Gasteiger partial charge in [-0.15, -0.1) is 0 Å². The number of carbonyl (C=O) groups is 1. The molecule has 2 heterocycles. The van der Waals surface area contributed by atoms with E-state index in [-0.39, 0.29) is 12.1 Å². The van der Waals surface area contributed by atoms with E-state index >= 15 is 0 Å². The van der Waals surface area contributed by atoms with Gasteiger partial charge >= 0.3 is 0 Å². The number of rotatable bonds is 3. The predicted octanol–water partition coefficient (Wildman–Crippen LogP) is 3.55. The third-order valence-corrected chi connectivity index (χ3v) is 4.38. The van der Waals surface area contributed by atoms with Gasteiger partial charge < -0.3 is 19.4 Å². The average Bonchev–Trinajstić information content (AvgIpc) is 3.19. The van der Waals surface area contributed by atoms with Gasteiger partial charge in [0.1, 0.15) is 11.9 Å². The van der Waals surface area contributed by atoms with Crippen LogP contribution >= 0.6 is 0 Å². The Kier molecular flexibility index (Phi) is 3.65. The molecule has 0 radical (unpaired) electrons. The summed E-state index contributed by atoms with van der Waals surface area (Å²) in [7, 11) is 3.38. The Bertz CT molecular complexity index is 907. The van der Waals surface area contributed by atoms with Crippen LogP contribution < -0.4 is 10.1 Å². The first kappa shape index (κ1) is 15.3. The van der Waals surface area contributed by atoms with Gasteiger partial charge in [-0.3, -0.25) is 4.79 Å². The number of aromatic nitrogens is 1. The number of amides is 1. The molecule has 2 aromatic carbocycles. The van der Waals surface area contributed by atoms with Crippen LogP contribution in [0.2, 0.25) is 0 Å². The summed E-state index contributed by atoms with van der Waals surface area (Å²) >= 11 is 0. The summed E-state index contributed by atoms with van der Waals surface area (Å²) < 4.78 is 10.9. The predicted molar refractivity (Wildman–Crippen MR) is 93.4 cm³/mol. The zero-order valence-electron chi connectivity index (χ0n) is 13.9. The molecule has 126 valence electrons. The van der Waals surface area contributed by atoms with Crippen molar-refractivity contribution in [2.75, 3.05) is 19.5 Å². The number of anilines is 1. The molecule has 1 aliphatic rings. The van der Waals surface area contributed by atoms with Gasteiger partial charge in [-0.2, -0.15) is 0 Å². The lowest BCUT2D eigenvalue weighted by Gasteiger charge is -2.36. The van der Waals surface area contributed by atoms with Gasteiger partial charge in [-0.1, -0.05) is 30.3 Å². The van der Waals surface area contributed by atoms with Crippen molar-refractivity contribution in [2.24, 2.45) is 0 Å². The summed E-state index contributed by atoms with van der Waals surface area (Å²) in [6.07, 6.45) is 2.72. The highest BCUT2D eigenvalue weighted by atomic mass is 16.5. The zero-order valence-corrected chi connectivity index (χ0v) is 13.9.